The number of ether oxygens (including phenoxy) is 1. The number of rotatable bonds is 2. The number of thiophene rings is 1. The minimum atomic E-state index is -0.254. The third-order valence-corrected chi connectivity index (χ3v) is 5.42. The number of halogens is 1. The van der Waals surface area contributed by atoms with Crippen molar-refractivity contribution in [3.8, 4) is 0 Å². The zero-order valence-corrected chi connectivity index (χ0v) is 12.6. The van der Waals surface area contributed by atoms with Crippen molar-refractivity contribution in [1.29, 1.82) is 0 Å². The molecule has 4 rings (SSSR count). The van der Waals surface area contributed by atoms with E-state index in [0.717, 1.165) is 43.6 Å². The fourth-order valence-electron chi connectivity index (χ4n) is 3.45. The average Bonchev–Trinajstić information content (AvgIpc) is 3.11. The summed E-state index contributed by atoms with van der Waals surface area (Å²) in [4.78, 5) is 3.80. The number of hydrogen-bond acceptors (Lipinski definition) is 3. The largest absolute Gasteiger partial charge is 0.365 e. The van der Waals surface area contributed by atoms with Crippen molar-refractivity contribution in [2.75, 3.05) is 13.1 Å². The molecule has 0 saturated carbocycles. The maximum atomic E-state index is 13.6. The first-order chi connectivity index (χ1) is 10.3. The highest BCUT2D eigenvalue weighted by atomic mass is 32.1. The van der Waals surface area contributed by atoms with Crippen molar-refractivity contribution in [1.82, 2.24) is 4.90 Å². The van der Waals surface area contributed by atoms with E-state index in [0.29, 0.717) is 6.61 Å². The molecule has 2 aliphatic heterocycles. The molecule has 1 fully saturated rings. The van der Waals surface area contributed by atoms with Crippen LogP contribution in [0.25, 0.3) is 0 Å². The van der Waals surface area contributed by atoms with Crippen molar-refractivity contribution in [2.45, 2.75) is 31.6 Å². The van der Waals surface area contributed by atoms with Crippen LogP contribution in [0.15, 0.2) is 30.3 Å². The molecular formula is C17H17FNOS. The number of likely N-dealkylation sites (tertiary alicyclic amines) is 1. The smallest absolute Gasteiger partial charge is 0.123 e. The molecule has 3 heterocycles. The zero-order chi connectivity index (χ0) is 14.3. The van der Waals surface area contributed by atoms with Gasteiger partial charge in [0.2, 0.25) is 0 Å². The predicted octanol–water partition coefficient (Wildman–Crippen LogP) is 3.71. The molecule has 2 aromatic rings. The SMILES string of the molecule is Fc1ccc2c(c1)C1(CCN(Cc3cc[c]s3)CC1)OC2. The van der Waals surface area contributed by atoms with E-state index in [4.69, 9.17) is 4.74 Å². The Morgan fingerprint density at radius 1 is 1.29 bits per heavy atom. The summed E-state index contributed by atoms with van der Waals surface area (Å²) in [7, 11) is 0. The summed E-state index contributed by atoms with van der Waals surface area (Å²) >= 11 is 1.68. The van der Waals surface area contributed by atoms with Gasteiger partial charge in [-0.15, -0.1) is 11.3 Å². The molecule has 109 valence electrons. The van der Waals surface area contributed by atoms with Gasteiger partial charge in [0.1, 0.15) is 5.82 Å². The van der Waals surface area contributed by atoms with E-state index in [2.05, 4.69) is 16.3 Å². The Morgan fingerprint density at radius 3 is 2.90 bits per heavy atom. The van der Waals surface area contributed by atoms with Gasteiger partial charge in [-0.05, 0) is 48.2 Å². The van der Waals surface area contributed by atoms with Crippen molar-refractivity contribution in [3.63, 3.8) is 0 Å². The molecule has 2 aliphatic rings. The van der Waals surface area contributed by atoms with Crippen LogP contribution in [0, 0.1) is 11.2 Å². The fourth-order valence-corrected chi connectivity index (χ4v) is 4.13. The highest BCUT2D eigenvalue weighted by molar-refractivity contribution is 7.09. The van der Waals surface area contributed by atoms with Gasteiger partial charge in [0.25, 0.3) is 0 Å². The van der Waals surface area contributed by atoms with E-state index in [1.807, 2.05) is 12.1 Å². The zero-order valence-electron chi connectivity index (χ0n) is 11.8. The van der Waals surface area contributed by atoms with Crippen molar-refractivity contribution >= 4 is 11.3 Å². The molecule has 1 spiro atoms. The molecule has 21 heavy (non-hydrogen) atoms. The van der Waals surface area contributed by atoms with Gasteiger partial charge in [0.05, 0.1) is 12.2 Å². The van der Waals surface area contributed by atoms with Crippen molar-refractivity contribution < 1.29 is 9.13 Å². The van der Waals surface area contributed by atoms with Gasteiger partial charge < -0.3 is 4.74 Å². The Kier molecular flexibility index (Phi) is 3.32. The number of benzene rings is 1. The normalized spacial score (nSPS) is 20.8. The van der Waals surface area contributed by atoms with Gasteiger partial charge in [0.15, 0.2) is 0 Å². The molecule has 0 amide bonds. The van der Waals surface area contributed by atoms with Gasteiger partial charge in [-0.1, -0.05) is 6.07 Å². The maximum absolute atomic E-state index is 13.6. The van der Waals surface area contributed by atoms with Crippen LogP contribution in [0.3, 0.4) is 0 Å². The summed E-state index contributed by atoms with van der Waals surface area (Å²) in [5, 5.41) is 3.14. The standard InChI is InChI=1S/C17H17FNOS/c18-14-4-3-13-12-20-17(16(13)10-14)5-7-19(8-6-17)11-15-2-1-9-21-15/h1-4,10H,5-8,11-12H2. The van der Waals surface area contributed by atoms with E-state index in [1.165, 1.54) is 10.9 Å². The summed E-state index contributed by atoms with van der Waals surface area (Å²) in [5.41, 5.74) is 1.97. The molecule has 0 N–H and O–H groups in total. The second-order valence-electron chi connectivity index (χ2n) is 5.88. The number of nitrogens with zero attached hydrogens (tertiary/aromatic N) is 1. The Balaban J connectivity index is 1.49. The average molecular weight is 302 g/mol. The lowest BCUT2D eigenvalue weighted by atomic mass is 9.83. The van der Waals surface area contributed by atoms with E-state index in [9.17, 15) is 4.39 Å². The van der Waals surface area contributed by atoms with Crippen LogP contribution in [0.4, 0.5) is 4.39 Å². The first-order valence-electron chi connectivity index (χ1n) is 7.35. The quantitative estimate of drug-likeness (QED) is 0.838. The number of hydrogen-bond donors (Lipinski definition) is 0. The second kappa shape index (κ2) is 5.20. The third-order valence-electron chi connectivity index (χ3n) is 4.64. The Bertz CT molecular complexity index is 632. The molecule has 2 nitrogen and oxygen atoms in total. The molecule has 1 saturated heterocycles. The topological polar surface area (TPSA) is 12.5 Å². The van der Waals surface area contributed by atoms with Crippen LogP contribution in [0.5, 0.6) is 0 Å². The molecule has 0 unspecified atom stereocenters. The lowest BCUT2D eigenvalue weighted by Crippen LogP contribution is -2.42. The number of piperidine rings is 1. The molecule has 0 aliphatic carbocycles. The summed E-state index contributed by atoms with van der Waals surface area (Å²) in [6.07, 6.45) is 1.89. The number of fused-ring (bicyclic) bond motifs is 2. The van der Waals surface area contributed by atoms with Crippen LogP contribution in [0.2, 0.25) is 0 Å². The maximum Gasteiger partial charge on any atom is 0.123 e. The lowest BCUT2D eigenvalue weighted by molar-refractivity contribution is -0.0798. The molecule has 0 bridgehead atoms. The summed E-state index contributed by atoms with van der Waals surface area (Å²) in [6, 6.07) is 9.18. The van der Waals surface area contributed by atoms with Crippen LogP contribution in [-0.2, 0) is 23.5 Å². The van der Waals surface area contributed by atoms with Crippen LogP contribution in [-0.4, -0.2) is 18.0 Å². The summed E-state index contributed by atoms with van der Waals surface area (Å²) in [5.74, 6) is -0.157. The predicted molar refractivity (Wildman–Crippen MR) is 80.5 cm³/mol. The second-order valence-corrected chi connectivity index (χ2v) is 6.84. The van der Waals surface area contributed by atoms with Gasteiger partial charge in [-0.3, -0.25) is 4.90 Å². The molecular weight excluding hydrogens is 285 g/mol. The van der Waals surface area contributed by atoms with Crippen molar-refractivity contribution in [2.24, 2.45) is 0 Å². The van der Waals surface area contributed by atoms with Gasteiger partial charge in [-0.25, -0.2) is 4.39 Å². The first-order valence-corrected chi connectivity index (χ1v) is 8.17. The monoisotopic (exact) mass is 302 g/mol. The highest BCUT2D eigenvalue weighted by Gasteiger charge is 2.42. The van der Waals surface area contributed by atoms with Crippen LogP contribution < -0.4 is 0 Å². The highest BCUT2D eigenvalue weighted by Crippen LogP contribution is 2.44. The van der Waals surface area contributed by atoms with E-state index in [1.54, 1.807) is 17.4 Å². The van der Waals surface area contributed by atoms with Gasteiger partial charge in [0, 0.05) is 29.9 Å². The summed E-state index contributed by atoms with van der Waals surface area (Å²) in [6.45, 7) is 3.59. The van der Waals surface area contributed by atoms with E-state index < -0.39 is 0 Å². The summed E-state index contributed by atoms with van der Waals surface area (Å²) < 4.78 is 19.7. The Labute approximate surface area is 128 Å². The van der Waals surface area contributed by atoms with Crippen LogP contribution in [0.1, 0.15) is 28.8 Å². The molecule has 1 radical (unpaired) electrons. The van der Waals surface area contributed by atoms with Crippen LogP contribution >= 0.6 is 11.3 Å². The Morgan fingerprint density at radius 2 is 2.14 bits per heavy atom. The Hall–Kier alpha value is -1.23. The first kappa shape index (κ1) is 13.4. The fraction of sp³-hybridized carbons (Fsp3) is 0.412. The van der Waals surface area contributed by atoms with E-state index >= 15 is 0 Å². The van der Waals surface area contributed by atoms with Gasteiger partial charge >= 0.3 is 0 Å². The van der Waals surface area contributed by atoms with Crippen molar-refractivity contribution in [3.05, 3.63) is 57.5 Å². The molecule has 0 atom stereocenters. The minimum absolute atomic E-state index is 0.157. The minimum Gasteiger partial charge on any atom is -0.365 e. The van der Waals surface area contributed by atoms with E-state index in [-0.39, 0.29) is 11.4 Å². The molecule has 4 heteroatoms. The van der Waals surface area contributed by atoms with Gasteiger partial charge in [-0.2, -0.15) is 0 Å². The molecule has 1 aromatic carbocycles. The lowest BCUT2D eigenvalue weighted by Gasteiger charge is -2.39. The molecule has 1 aromatic heterocycles. The third kappa shape index (κ3) is 2.41.